The molecule has 4 N–H and O–H groups in total. The second kappa shape index (κ2) is 15.5. The van der Waals surface area contributed by atoms with E-state index in [1.54, 1.807) is 68.7 Å². The number of alkyl halides is 3. The number of ketones is 2. The van der Waals surface area contributed by atoms with Crippen LogP contribution in [0.2, 0.25) is 0 Å². The van der Waals surface area contributed by atoms with Crippen LogP contribution in [0.1, 0.15) is 55.6 Å². The molecule has 4 aromatic rings. The van der Waals surface area contributed by atoms with E-state index in [1.165, 1.54) is 11.0 Å². The standard InChI is InChI=1S/C41H39F3N4O9/c1-4-15-45-33-26-17-24-16-25-28(56-41(42,43)44)18-27(46-29(49)19-48(2)3)35(54-20-22-11-7-5-8-12-22)31(25)34(50)30(24)37(51)40(26,53)38(52)32-36(33)57-47-39(32)55-21-23-13-9-6-10-14-23/h4-14,18,24,26,33,45,51,53H,1,15-17,19-21H2,2-3H3,(H,46,49)/t24-,26-,33-,40-/m0/s1. The molecule has 1 amide bonds. The highest BCUT2D eigenvalue weighted by Crippen LogP contribution is 2.57. The van der Waals surface area contributed by atoms with E-state index in [4.69, 9.17) is 14.0 Å². The highest BCUT2D eigenvalue weighted by molar-refractivity contribution is 6.17. The molecule has 0 bridgehead atoms. The number of hydrogen-bond donors (Lipinski definition) is 4. The van der Waals surface area contributed by atoms with Crippen molar-refractivity contribution in [1.82, 2.24) is 15.4 Å². The van der Waals surface area contributed by atoms with Crippen LogP contribution in [0.5, 0.6) is 17.4 Å². The fourth-order valence-corrected chi connectivity index (χ4v) is 7.82. The number of aromatic nitrogens is 1. The molecule has 3 aliphatic rings. The Kier molecular flexibility index (Phi) is 10.7. The zero-order valence-corrected chi connectivity index (χ0v) is 30.9. The molecule has 13 nitrogen and oxygen atoms in total. The van der Waals surface area contributed by atoms with E-state index >= 15 is 0 Å². The first-order valence-electron chi connectivity index (χ1n) is 18.0. The van der Waals surface area contributed by atoms with Crippen LogP contribution in [-0.4, -0.2) is 76.9 Å². The lowest BCUT2D eigenvalue weighted by Gasteiger charge is -2.48. The molecule has 57 heavy (non-hydrogen) atoms. The molecule has 0 aliphatic heterocycles. The topological polar surface area (TPSA) is 173 Å². The number of nitrogens with zero attached hydrogens (tertiary/aromatic N) is 2. The van der Waals surface area contributed by atoms with E-state index in [0.29, 0.717) is 5.56 Å². The van der Waals surface area contributed by atoms with Crippen molar-refractivity contribution in [3.63, 3.8) is 0 Å². The fourth-order valence-electron chi connectivity index (χ4n) is 7.82. The number of benzene rings is 3. The predicted octanol–water partition coefficient (Wildman–Crippen LogP) is 5.86. The molecule has 3 aromatic carbocycles. The van der Waals surface area contributed by atoms with Crippen LogP contribution in [-0.2, 0) is 24.4 Å². The largest absolute Gasteiger partial charge is 0.573 e. The van der Waals surface area contributed by atoms with Crippen LogP contribution in [0.25, 0.3) is 0 Å². The van der Waals surface area contributed by atoms with E-state index in [1.807, 2.05) is 6.07 Å². The smallest absolute Gasteiger partial charge is 0.508 e. The number of allylic oxidation sites excluding steroid dienone is 1. The van der Waals surface area contributed by atoms with Crippen LogP contribution in [0.15, 0.2) is 95.2 Å². The number of anilines is 1. The number of ether oxygens (including phenoxy) is 3. The van der Waals surface area contributed by atoms with Crippen LogP contribution in [0, 0.1) is 11.8 Å². The van der Waals surface area contributed by atoms with Gasteiger partial charge in [-0.15, -0.1) is 19.8 Å². The molecule has 7 rings (SSSR count). The summed E-state index contributed by atoms with van der Waals surface area (Å²) < 4.78 is 64.2. The minimum absolute atomic E-state index is 0.00849. The first-order valence-corrected chi connectivity index (χ1v) is 18.0. The number of aliphatic hydroxyl groups is 2. The average Bonchev–Trinajstić information content (AvgIpc) is 3.59. The Bertz CT molecular complexity index is 2240. The van der Waals surface area contributed by atoms with Gasteiger partial charge in [0.1, 0.15) is 30.3 Å². The van der Waals surface area contributed by atoms with E-state index in [2.05, 4.69) is 27.1 Å². The van der Waals surface area contributed by atoms with Crippen LogP contribution >= 0.6 is 0 Å². The first kappa shape index (κ1) is 39.3. The van der Waals surface area contributed by atoms with E-state index in [-0.39, 0.29) is 73.3 Å². The van der Waals surface area contributed by atoms with Gasteiger partial charge in [-0.3, -0.25) is 14.4 Å². The van der Waals surface area contributed by atoms with Gasteiger partial charge in [0.25, 0.3) is 5.88 Å². The second-order valence-corrected chi connectivity index (χ2v) is 14.3. The SMILES string of the molecule is C=CCN[C@@H]1c2onc(OCc3ccccc3)c2C(=O)[C@@]2(O)C(O)=C3C(=O)c4c(c(OC(F)(F)F)cc(NC(=O)CN(C)C)c4OCc4ccccc4)C[C@H]3C[C@@H]12. The maximum atomic E-state index is 14.9. The van der Waals surface area contributed by atoms with Gasteiger partial charge in [0.15, 0.2) is 22.9 Å². The van der Waals surface area contributed by atoms with Gasteiger partial charge >= 0.3 is 6.36 Å². The molecular weight excluding hydrogens is 749 g/mol. The van der Waals surface area contributed by atoms with Gasteiger partial charge in [0.2, 0.25) is 11.7 Å². The van der Waals surface area contributed by atoms with Gasteiger partial charge in [-0.05, 0) is 49.1 Å². The third-order valence-electron chi connectivity index (χ3n) is 10.2. The molecule has 0 radical (unpaired) electrons. The molecule has 16 heteroatoms. The van der Waals surface area contributed by atoms with Gasteiger partial charge in [-0.25, -0.2) is 0 Å². The lowest BCUT2D eigenvalue weighted by molar-refractivity contribution is -0.274. The van der Waals surface area contributed by atoms with Crippen molar-refractivity contribution in [2.24, 2.45) is 11.8 Å². The Morgan fingerprint density at radius 1 is 1.05 bits per heavy atom. The highest BCUT2D eigenvalue weighted by Gasteiger charge is 2.63. The number of carbonyl (C=O) groups is 3. The van der Waals surface area contributed by atoms with Crippen LogP contribution < -0.4 is 24.8 Å². The third kappa shape index (κ3) is 7.50. The lowest BCUT2D eigenvalue weighted by atomic mass is 9.58. The van der Waals surface area contributed by atoms with E-state index in [0.717, 1.165) is 11.6 Å². The van der Waals surface area contributed by atoms with Crippen molar-refractivity contribution in [2.75, 3.05) is 32.5 Å². The summed E-state index contributed by atoms with van der Waals surface area (Å²) >= 11 is 0. The molecule has 0 saturated heterocycles. The monoisotopic (exact) mass is 788 g/mol. The average molecular weight is 789 g/mol. The van der Waals surface area contributed by atoms with Gasteiger partial charge in [0.05, 0.1) is 23.8 Å². The quantitative estimate of drug-likeness (QED) is 0.119. The number of likely N-dealkylation sites (N-methyl/N-ethyl adjacent to an activating group) is 1. The summed E-state index contributed by atoms with van der Waals surface area (Å²) in [7, 11) is 3.23. The number of fused-ring (bicyclic) bond motifs is 4. The molecule has 1 aromatic heterocycles. The number of aliphatic hydroxyl groups excluding tert-OH is 1. The Hall–Kier alpha value is -5.97. The minimum Gasteiger partial charge on any atom is -0.508 e. The molecule has 298 valence electrons. The van der Waals surface area contributed by atoms with Crippen molar-refractivity contribution in [3.8, 4) is 17.4 Å². The van der Waals surface area contributed by atoms with E-state index in [9.17, 15) is 37.8 Å². The number of carbonyl (C=O) groups excluding carboxylic acids is 3. The van der Waals surface area contributed by atoms with Crippen molar-refractivity contribution in [3.05, 3.63) is 124 Å². The maximum absolute atomic E-state index is 14.9. The first-order chi connectivity index (χ1) is 27.2. The second-order valence-electron chi connectivity index (χ2n) is 14.3. The fraction of sp³-hybridized carbons (Fsp3) is 0.317. The Morgan fingerprint density at radius 2 is 1.70 bits per heavy atom. The summed E-state index contributed by atoms with van der Waals surface area (Å²) in [4.78, 5) is 43.9. The molecule has 0 saturated carbocycles. The van der Waals surface area contributed by atoms with Crippen LogP contribution in [0.4, 0.5) is 18.9 Å². The van der Waals surface area contributed by atoms with Gasteiger partial charge < -0.3 is 44.5 Å². The van der Waals surface area contributed by atoms with Crippen molar-refractivity contribution >= 4 is 23.2 Å². The van der Waals surface area contributed by atoms with Crippen molar-refractivity contribution in [1.29, 1.82) is 0 Å². The zero-order valence-electron chi connectivity index (χ0n) is 30.9. The predicted molar refractivity (Wildman–Crippen MR) is 198 cm³/mol. The number of halogens is 3. The molecule has 3 aliphatic carbocycles. The number of Topliss-reactive ketones (excluding diaryl/α,β-unsaturated/α-hetero) is 2. The van der Waals surface area contributed by atoms with Gasteiger partial charge in [-0.1, -0.05) is 66.7 Å². The Morgan fingerprint density at radius 3 is 2.32 bits per heavy atom. The number of amides is 1. The molecule has 4 atom stereocenters. The number of rotatable bonds is 13. The third-order valence-corrected chi connectivity index (χ3v) is 10.2. The molecule has 0 fully saturated rings. The summed E-state index contributed by atoms with van der Waals surface area (Å²) in [5.74, 6) is -7.22. The summed E-state index contributed by atoms with van der Waals surface area (Å²) in [5.41, 5.74) is -2.96. The zero-order chi connectivity index (χ0) is 40.6. The van der Waals surface area contributed by atoms with Crippen molar-refractivity contribution in [2.45, 2.75) is 44.1 Å². The molecule has 0 unspecified atom stereocenters. The minimum atomic E-state index is -5.21. The van der Waals surface area contributed by atoms with Crippen LogP contribution in [0.3, 0.4) is 0 Å². The molecular formula is C41H39F3N4O9. The van der Waals surface area contributed by atoms with E-state index < -0.39 is 70.0 Å². The summed E-state index contributed by atoms with van der Waals surface area (Å²) in [6.45, 7) is 3.50. The normalized spacial score (nSPS) is 21.3. The number of nitrogens with one attached hydrogen (secondary N) is 2. The Labute approximate surface area is 324 Å². The number of hydrogen-bond acceptors (Lipinski definition) is 12. The summed E-state index contributed by atoms with van der Waals surface area (Å²) in [6.07, 6.45) is -4.19. The summed E-state index contributed by atoms with van der Waals surface area (Å²) in [5, 5.41) is 34.3. The van der Waals surface area contributed by atoms with Gasteiger partial charge in [-0.2, -0.15) is 0 Å². The Balaban J connectivity index is 1.37. The van der Waals surface area contributed by atoms with Gasteiger partial charge in [0, 0.05) is 29.7 Å². The lowest BCUT2D eigenvalue weighted by Crippen LogP contribution is -2.59. The maximum Gasteiger partial charge on any atom is 0.573 e. The van der Waals surface area contributed by atoms with Crippen molar-refractivity contribution < 1.29 is 56.5 Å². The molecule has 0 spiro atoms. The molecule has 1 heterocycles. The summed E-state index contributed by atoms with van der Waals surface area (Å²) in [6, 6.07) is 17.6. The highest BCUT2D eigenvalue weighted by atomic mass is 19.4.